The smallest absolute Gasteiger partial charge is 0.292 e. The second-order valence-corrected chi connectivity index (χ2v) is 8.44. The van der Waals surface area contributed by atoms with Crippen LogP contribution in [0.15, 0.2) is 28.8 Å². The molecule has 1 atom stereocenters. The van der Waals surface area contributed by atoms with Crippen molar-refractivity contribution in [2.24, 2.45) is 5.92 Å². The molecule has 1 heterocycles. The Labute approximate surface area is 182 Å². The summed E-state index contributed by atoms with van der Waals surface area (Å²) in [6.07, 6.45) is 9.23. The second kappa shape index (κ2) is 11.6. The van der Waals surface area contributed by atoms with Crippen LogP contribution < -0.4 is 10.8 Å². The molecule has 0 bridgehead atoms. The van der Waals surface area contributed by atoms with Crippen molar-refractivity contribution in [2.45, 2.75) is 77.2 Å². The van der Waals surface area contributed by atoms with Gasteiger partial charge >= 0.3 is 0 Å². The van der Waals surface area contributed by atoms with Crippen molar-refractivity contribution >= 4 is 11.8 Å². The predicted molar refractivity (Wildman–Crippen MR) is 114 cm³/mol. The van der Waals surface area contributed by atoms with E-state index < -0.39 is 11.8 Å². The first-order valence-electron chi connectivity index (χ1n) is 11.2. The van der Waals surface area contributed by atoms with Gasteiger partial charge in [-0.05, 0) is 30.4 Å². The van der Waals surface area contributed by atoms with Crippen LogP contribution in [-0.2, 0) is 11.3 Å². The second-order valence-electron chi connectivity index (χ2n) is 8.44. The third-order valence-electron chi connectivity index (χ3n) is 6.14. The van der Waals surface area contributed by atoms with Gasteiger partial charge in [0.05, 0.1) is 0 Å². The molecule has 0 radical (unpaired) electrons. The summed E-state index contributed by atoms with van der Waals surface area (Å²) in [5, 5.41) is 15.5. The fourth-order valence-corrected chi connectivity index (χ4v) is 4.27. The lowest BCUT2D eigenvalue weighted by molar-refractivity contribution is -0.129. The lowest BCUT2D eigenvalue weighted by Crippen LogP contribution is -2.24. The van der Waals surface area contributed by atoms with Gasteiger partial charge in [-0.1, -0.05) is 74.4 Å². The summed E-state index contributed by atoms with van der Waals surface area (Å²) in [6.45, 7) is 2.35. The number of hydrogen-bond donors (Lipinski definition) is 3. The molecule has 3 N–H and O–H groups in total. The fourth-order valence-electron chi connectivity index (χ4n) is 4.27. The zero-order chi connectivity index (χ0) is 22.1. The first-order valence-corrected chi connectivity index (χ1v) is 11.2. The van der Waals surface area contributed by atoms with Crippen LogP contribution in [0.2, 0.25) is 0 Å². The molecule has 1 aromatic heterocycles. The summed E-state index contributed by atoms with van der Waals surface area (Å²) in [4.78, 5) is 28.5. The zero-order valence-corrected chi connectivity index (χ0v) is 18.1. The standard InChI is InChI=1S/C23H32N4O4/c1-16-8-5-6-12-19(16)15-24-22(29)21-25-23(31-27-21)18(14-20(28)26-30)13-7-11-17-9-3-2-4-10-17/h5-6,8,12,17-18,30H,2-4,7,9-11,13-15H2,1H3,(H,24,29)(H,26,28)/t18-/m1/s1. The van der Waals surface area contributed by atoms with Crippen molar-refractivity contribution in [2.75, 3.05) is 0 Å². The van der Waals surface area contributed by atoms with E-state index in [1.807, 2.05) is 31.2 Å². The molecule has 31 heavy (non-hydrogen) atoms. The molecule has 8 heteroatoms. The SMILES string of the molecule is Cc1ccccc1CNC(=O)c1noc([C@H](CCCC2CCCCC2)CC(=O)NO)n1. The number of carbonyl (C=O) groups excluding carboxylic acids is 2. The largest absolute Gasteiger partial charge is 0.345 e. The third-order valence-corrected chi connectivity index (χ3v) is 6.14. The molecule has 1 aliphatic carbocycles. The molecule has 1 fully saturated rings. The number of nitrogens with zero attached hydrogens (tertiary/aromatic N) is 2. The number of hydroxylamine groups is 1. The molecule has 2 aromatic rings. The van der Waals surface area contributed by atoms with E-state index in [0.29, 0.717) is 13.0 Å². The molecule has 2 amide bonds. The van der Waals surface area contributed by atoms with E-state index in [4.69, 9.17) is 9.73 Å². The van der Waals surface area contributed by atoms with Crippen LogP contribution in [0, 0.1) is 12.8 Å². The minimum Gasteiger partial charge on any atom is -0.345 e. The summed E-state index contributed by atoms with van der Waals surface area (Å²) in [6, 6.07) is 7.80. The topological polar surface area (TPSA) is 117 Å². The number of aryl methyl sites for hydroxylation is 1. The Morgan fingerprint density at radius 3 is 2.74 bits per heavy atom. The monoisotopic (exact) mass is 428 g/mol. The van der Waals surface area contributed by atoms with Crippen molar-refractivity contribution in [3.8, 4) is 0 Å². The molecule has 168 valence electrons. The van der Waals surface area contributed by atoms with Gasteiger partial charge < -0.3 is 9.84 Å². The number of carbonyl (C=O) groups is 2. The normalized spacial score (nSPS) is 15.4. The third kappa shape index (κ3) is 6.89. The molecule has 1 aromatic carbocycles. The maximum Gasteiger partial charge on any atom is 0.292 e. The highest BCUT2D eigenvalue weighted by Crippen LogP contribution is 2.31. The van der Waals surface area contributed by atoms with E-state index in [-0.39, 0.29) is 24.1 Å². The van der Waals surface area contributed by atoms with Crippen LogP contribution in [-0.4, -0.2) is 27.2 Å². The molecule has 0 aliphatic heterocycles. The number of aromatic nitrogens is 2. The van der Waals surface area contributed by atoms with Gasteiger partial charge in [-0.15, -0.1) is 0 Å². The Balaban J connectivity index is 1.58. The van der Waals surface area contributed by atoms with Crippen molar-refractivity contribution in [3.63, 3.8) is 0 Å². The summed E-state index contributed by atoms with van der Waals surface area (Å²) in [7, 11) is 0. The van der Waals surface area contributed by atoms with E-state index in [9.17, 15) is 9.59 Å². The summed E-state index contributed by atoms with van der Waals surface area (Å²) < 4.78 is 5.33. The Bertz CT molecular complexity index is 861. The average molecular weight is 429 g/mol. The number of hydrogen-bond acceptors (Lipinski definition) is 6. The highest BCUT2D eigenvalue weighted by Gasteiger charge is 2.25. The lowest BCUT2D eigenvalue weighted by atomic mass is 9.84. The Kier molecular flexibility index (Phi) is 8.58. The van der Waals surface area contributed by atoms with Crippen LogP contribution in [0.1, 0.15) is 91.3 Å². The van der Waals surface area contributed by atoms with Crippen LogP contribution in [0.3, 0.4) is 0 Å². The maximum atomic E-state index is 12.4. The minimum absolute atomic E-state index is 0.0353. The molecule has 1 aliphatic rings. The Morgan fingerprint density at radius 1 is 1.23 bits per heavy atom. The summed E-state index contributed by atoms with van der Waals surface area (Å²) >= 11 is 0. The van der Waals surface area contributed by atoms with Gasteiger partial charge in [-0.25, -0.2) is 5.48 Å². The highest BCUT2D eigenvalue weighted by molar-refractivity contribution is 5.90. The van der Waals surface area contributed by atoms with Gasteiger partial charge in [0.2, 0.25) is 11.8 Å². The Hall–Kier alpha value is -2.74. The molecule has 8 nitrogen and oxygen atoms in total. The van der Waals surface area contributed by atoms with Gasteiger partial charge in [0.1, 0.15) is 0 Å². The quantitative estimate of drug-likeness (QED) is 0.388. The van der Waals surface area contributed by atoms with E-state index in [1.165, 1.54) is 32.1 Å². The Morgan fingerprint density at radius 2 is 2.00 bits per heavy atom. The van der Waals surface area contributed by atoms with Crippen molar-refractivity contribution in [3.05, 3.63) is 47.1 Å². The van der Waals surface area contributed by atoms with Crippen LogP contribution >= 0.6 is 0 Å². The van der Waals surface area contributed by atoms with Gasteiger partial charge in [-0.2, -0.15) is 4.98 Å². The number of nitrogens with one attached hydrogen (secondary N) is 2. The van der Waals surface area contributed by atoms with Crippen molar-refractivity contribution < 1.29 is 19.3 Å². The fraction of sp³-hybridized carbons (Fsp3) is 0.565. The van der Waals surface area contributed by atoms with E-state index in [0.717, 1.165) is 29.9 Å². The predicted octanol–water partition coefficient (Wildman–Crippen LogP) is 4.04. The molecule has 0 saturated heterocycles. The van der Waals surface area contributed by atoms with E-state index in [1.54, 1.807) is 5.48 Å². The highest BCUT2D eigenvalue weighted by atomic mass is 16.5. The van der Waals surface area contributed by atoms with Crippen LogP contribution in [0.4, 0.5) is 0 Å². The lowest BCUT2D eigenvalue weighted by Gasteiger charge is -2.22. The molecule has 0 spiro atoms. The van der Waals surface area contributed by atoms with E-state index >= 15 is 0 Å². The van der Waals surface area contributed by atoms with E-state index in [2.05, 4.69) is 15.5 Å². The number of amides is 2. The molecule has 3 rings (SSSR count). The number of benzene rings is 1. The average Bonchev–Trinajstić information content (AvgIpc) is 3.28. The van der Waals surface area contributed by atoms with Crippen LogP contribution in [0.5, 0.6) is 0 Å². The van der Waals surface area contributed by atoms with Crippen molar-refractivity contribution in [1.29, 1.82) is 0 Å². The number of rotatable bonds is 10. The zero-order valence-electron chi connectivity index (χ0n) is 18.1. The van der Waals surface area contributed by atoms with Gasteiger partial charge in [0, 0.05) is 18.9 Å². The first kappa shape index (κ1) is 22.9. The molecule has 0 unspecified atom stereocenters. The molecular formula is C23H32N4O4. The summed E-state index contributed by atoms with van der Waals surface area (Å²) in [5.74, 6) is -0.316. The molecule has 1 saturated carbocycles. The molecular weight excluding hydrogens is 396 g/mol. The van der Waals surface area contributed by atoms with Crippen molar-refractivity contribution in [1.82, 2.24) is 20.9 Å². The van der Waals surface area contributed by atoms with Gasteiger partial charge in [-0.3, -0.25) is 14.8 Å². The maximum absolute atomic E-state index is 12.4. The van der Waals surface area contributed by atoms with Gasteiger partial charge in [0.25, 0.3) is 11.7 Å². The summed E-state index contributed by atoms with van der Waals surface area (Å²) in [5.41, 5.74) is 3.77. The first-order chi connectivity index (χ1) is 15.1. The van der Waals surface area contributed by atoms with Gasteiger partial charge in [0.15, 0.2) is 0 Å². The minimum atomic E-state index is -0.508. The van der Waals surface area contributed by atoms with Crippen LogP contribution in [0.25, 0.3) is 0 Å².